The van der Waals surface area contributed by atoms with Crippen molar-refractivity contribution in [3.8, 4) is 5.75 Å². The summed E-state index contributed by atoms with van der Waals surface area (Å²) in [7, 11) is -3.89. The Hall–Kier alpha value is -2.89. The van der Waals surface area contributed by atoms with E-state index < -0.39 is 22.0 Å². The summed E-state index contributed by atoms with van der Waals surface area (Å²) in [5, 5.41) is 10.9. The highest BCUT2D eigenvalue weighted by Crippen LogP contribution is 2.37. The molecule has 0 saturated heterocycles. The van der Waals surface area contributed by atoms with Crippen LogP contribution in [0.4, 0.5) is 10.8 Å². The Labute approximate surface area is 188 Å². The zero-order chi connectivity index (χ0) is 21.8. The third-order valence-corrected chi connectivity index (χ3v) is 8.08. The van der Waals surface area contributed by atoms with E-state index in [2.05, 4.69) is 22.1 Å². The highest BCUT2D eigenvalue weighted by Gasteiger charge is 2.37. The van der Waals surface area contributed by atoms with Gasteiger partial charge in [-0.15, -0.1) is 16.8 Å². The van der Waals surface area contributed by atoms with E-state index in [-0.39, 0.29) is 11.4 Å². The van der Waals surface area contributed by atoms with Crippen molar-refractivity contribution in [2.24, 2.45) is 0 Å². The average molecular weight is 475 g/mol. The minimum atomic E-state index is -3.89. The highest BCUT2D eigenvalue weighted by atomic mass is 32.2. The number of thioether (sulfide) groups is 1. The van der Waals surface area contributed by atoms with Gasteiger partial charge in [-0.05, 0) is 24.3 Å². The lowest BCUT2D eigenvalue weighted by Gasteiger charge is -2.34. The molecular weight excluding hydrogens is 456 g/mol. The SMILES string of the molecule is C=CCSc1nnc(NC(=O)C2CN(S(=O)(=O)c3ccccc3)c3ccccc3O2)s1. The molecule has 4 rings (SSSR count). The van der Waals surface area contributed by atoms with Gasteiger partial charge in [0.25, 0.3) is 15.9 Å². The van der Waals surface area contributed by atoms with Crippen molar-refractivity contribution in [2.75, 3.05) is 21.9 Å². The fourth-order valence-electron chi connectivity index (χ4n) is 2.92. The van der Waals surface area contributed by atoms with Crippen molar-refractivity contribution in [3.05, 3.63) is 67.3 Å². The fraction of sp³-hybridized carbons (Fsp3) is 0.150. The van der Waals surface area contributed by atoms with E-state index in [9.17, 15) is 13.2 Å². The monoisotopic (exact) mass is 474 g/mol. The molecule has 0 aliphatic carbocycles. The molecule has 2 aromatic carbocycles. The number of hydrogen-bond donors (Lipinski definition) is 1. The van der Waals surface area contributed by atoms with E-state index in [0.717, 1.165) is 0 Å². The Kier molecular flexibility index (Phi) is 6.25. The number of ether oxygens (including phenoxy) is 1. The van der Waals surface area contributed by atoms with Gasteiger partial charge in [-0.2, -0.15) is 0 Å². The third kappa shape index (κ3) is 4.58. The van der Waals surface area contributed by atoms with E-state index >= 15 is 0 Å². The molecule has 11 heteroatoms. The number of rotatable bonds is 7. The lowest BCUT2D eigenvalue weighted by Crippen LogP contribution is -2.48. The van der Waals surface area contributed by atoms with Gasteiger partial charge in [-0.1, -0.05) is 59.5 Å². The zero-order valence-electron chi connectivity index (χ0n) is 16.2. The number of carbonyl (C=O) groups is 1. The first-order valence-corrected chi connectivity index (χ1v) is 12.4. The number of benzene rings is 2. The van der Waals surface area contributed by atoms with Crippen LogP contribution in [0.5, 0.6) is 5.75 Å². The third-order valence-electron chi connectivity index (χ3n) is 4.32. The van der Waals surface area contributed by atoms with Crippen LogP contribution in [0.25, 0.3) is 0 Å². The molecule has 1 aliphatic heterocycles. The van der Waals surface area contributed by atoms with E-state index in [1.54, 1.807) is 48.5 Å². The van der Waals surface area contributed by atoms with Crippen LogP contribution in [0.2, 0.25) is 0 Å². The van der Waals surface area contributed by atoms with Gasteiger partial charge in [-0.25, -0.2) is 8.42 Å². The fourth-order valence-corrected chi connectivity index (χ4v) is 5.93. The second-order valence-electron chi connectivity index (χ2n) is 6.39. The van der Waals surface area contributed by atoms with Gasteiger partial charge in [0.15, 0.2) is 10.4 Å². The Morgan fingerprint density at radius 3 is 2.74 bits per heavy atom. The molecule has 0 radical (unpaired) electrons. The summed E-state index contributed by atoms with van der Waals surface area (Å²) in [6, 6.07) is 14.8. The average Bonchev–Trinajstić information content (AvgIpc) is 3.24. The van der Waals surface area contributed by atoms with Gasteiger partial charge in [0.05, 0.1) is 17.1 Å². The van der Waals surface area contributed by atoms with Gasteiger partial charge in [0.1, 0.15) is 5.75 Å². The molecule has 8 nitrogen and oxygen atoms in total. The maximum absolute atomic E-state index is 13.3. The number of fused-ring (bicyclic) bond motifs is 1. The lowest BCUT2D eigenvalue weighted by molar-refractivity contribution is -0.122. The molecule has 0 bridgehead atoms. The summed E-state index contributed by atoms with van der Waals surface area (Å²) in [5.74, 6) is 0.490. The highest BCUT2D eigenvalue weighted by molar-refractivity contribution is 8.01. The van der Waals surface area contributed by atoms with Crippen LogP contribution in [0, 0.1) is 0 Å². The number of sulfonamides is 1. The van der Waals surface area contributed by atoms with Gasteiger partial charge >= 0.3 is 0 Å². The number of amides is 1. The van der Waals surface area contributed by atoms with Crippen LogP contribution in [0.15, 0.2) is 76.5 Å². The van der Waals surface area contributed by atoms with Crippen molar-refractivity contribution in [1.29, 1.82) is 0 Å². The Morgan fingerprint density at radius 2 is 1.97 bits per heavy atom. The Bertz CT molecular complexity index is 1200. The molecule has 1 amide bonds. The van der Waals surface area contributed by atoms with Crippen LogP contribution in [0.1, 0.15) is 0 Å². The zero-order valence-corrected chi connectivity index (χ0v) is 18.6. The van der Waals surface area contributed by atoms with E-state index in [1.807, 2.05) is 0 Å². The van der Waals surface area contributed by atoms with Crippen LogP contribution < -0.4 is 14.4 Å². The summed E-state index contributed by atoms with van der Waals surface area (Å²) in [6.45, 7) is 3.49. The standard InChI is InChI=1S/C20H18N4O4S3/c1-2-12-29-20-23-22-19(30-20)21-18(25)17-13-24(15-10-6-7-11-16(15)28-17)31(26,27)14-8-4-3-5-9-14/h2-11,17H,1,12-13H2,(H,21,22,25). The quantitative estimate of drug-likeness (QED) is 0.318. The maximum atomic E-state index is 13.3. The van der Waals surface area contributed by atoms with Crippen LogP contribution >= 0.6 is 23.1 Å². The number of hydrogen-bond acceptors (Lipinski definition) is 8. The van der Waals surface area contributed by atoms with Crippen molar-refractivity contribution in [3.63, 3.8) is 0 Å². The number of anilines is 2. The maximum Gasteiger partial charge on any atom is 0.269 e. The summed E-state index contributed by atoms with van der Waals surface area (Å²) in [6.07, 6.45) is 0.695. The van der Waals surface area contributed by atoms with Crippen LogP contribution in [-0.4, -0.2) is 42.9 Å². The van der Waals surface area contributed by atoms with Gasteiger partial charge in [0, 0.05) is 5.75 Å². The normalized spacial score (nSPS) is 15.6. The second kappa shape index (κ2) is 9.08. The molecular formula is C20H18N4O4S3. The molecule has 2 heterocycles. The topological polar surface area (TPSA) is 101 Å². The smallest absolute Gasteiger partial charge is 0.269 e. The summed E-state index contributed by atoms with van der Waals surface area (Å²) in [5.41, 5.74) is 0.384. The van der Waals surface area contributed by atoms with Gasteiger partial charge in [-0.3, -0.25) is 14.4 Å². The number of carbonyl (C=O) groups excluding carboxylic acids is 1. The van der Waals surface area contributed by atoms with Crippen LogP contribution in [-0.2, 0) is 14.8 Å². The summed E-state index contributed by atoms with van der Waals surface area (Å²) < 4.78 is 34.3. The predicted molar refractivity (Wildman–Crippen MR) is 121 cm³/mol. The largest absolute Gasteiger partial charge is 0.476 e. The minimum absolute atomic E-state index is 0.138. The van der Waals surface area contributed by atoms with Crippen molar-refractivity contribution < 1.29 is 17.9 Å². The number of para-hydroxylation sites is 2. The molecule has 0 spiro atoms. The molecule has 0 saturated carbocycles. The first-order chi connectivity index (χ1) is 15.0. The molecule has 1 N–H and O–H groups in total. The molecule has 160 valence electrons. The summed E-state index contributed by atoms with van der Waals surface area (Å²) in [4.78, 5) is 13.0. The number of nitrogens with zero attached hydrogens (tertiary/aromatic N) is 3. The lowest BCUT2D eigenvalue weighted by atomic mass is 10.2. The van der Waals surface area contributed by atoms with E-state index in [4.69, 9.17) is 4.74 Å². The van der Waals surface area contributed by atoms with Crippen molar-refractivity contribution >= 4 is 49.8 Å². The Morgan fingerprint density at radius 1 is 1.23 bits per heavy atom. The molecule has 31 heavy (non-hydrogen) atoms. The van der Waals surface area contributed by atoms with Gasteiger partial charge < -0.3 is 4.74 Å². The Balaban J connectivity index is 1.58. The molecule has 1 aromatic heterocycles. The number of nitrogens with one attached hydrogen (secondary N) is 1. The summed E-state index contributed by atoms with van der Waals surface area (Å²) >= 11 is 2.68. The second-order valence-corrected chi connectivity index (χ2v) is 10.5. The molecule has 1 atom stereocenters. The van der Waals surface area contributed by atoms with Crippen LogP contribution in [0.3, 0.4) is 0 Å². The van der Waals surface area contributed by atoms with Crippen molar-refractivity contribution in [2.45, 2.75) is 15.3 Å². The minimum Gasteiger partial charge on any atom is -0.476 e. The first-order valence-electron chi connectivity index (χ1n) is 9.20. The van der Waals surface area contributed by atoms with Crippen molar-refractivity contribution in [1.82, 2.24) is 10.2 Å². The molecule has 3 aromatic rings. The van der Waals surface area contributed by atoms with Gasteiger partial charge in [0.2, 0.25) is 5.13 Å². The van der Waals surface area contributed by atoms with E-state index in [1.165, 1.54) is 39.5 Å². The molecule has 1 aliphatic rings. The molecule has 1 unspecified atom stereocenters. The van der Waals surface area contributed by atoms with E-state index in [0.29, 0.717) is 26.7 Å². The first kappa shape index (κ1) is 21.3. The molecule has 0 fully saturated rings. The predicted octanol–water partition coefficient (Wildman–Crippen LogP) is 3.41. The number of aromatic nitrogens is 2.